The molecule has 2 rings (SSSR count). The Morgan fingerprint density at radius 3 is 2.65 bits per heavy atom. The van der Waals surface area contributed by atoms with Gasteiger partial charge in [0.15, 0.2) is 0 Å². The van der Waals surface area contributed by atoms with E-state index in [4.69, 9.17) is 5.73 Å². The number of nitrogens with zero attached hydrogens (tertiary/aromatic N) is 1. The molecule has 1 amide bonds. The number of nitrogens with two attached hydrogens (primary N) is 1. The highest BCUT2D eigenvalue weighted by Crippen LogP contribution is 2.22. The molecule has 0 fully saturated rings. The van der Waals surface area contributed by atoms with Gasteiger partial charge in [-0.25, -0.2) is 4.39 Å². The van der Waals surface area contributed by atoms with Crippen molar-refractivity contribution in [1.82, 2.24) is 0 Å². The summed E-state index contributed by atoms with van der Waals surface area (Å²) >= 11 is 0. The van der Waals surface area contributed by atoms with Crippen LogP contribution in [0.1, 0.15) is 23.7 Å². The number of aliphatic hydroxyl groups excluding tert-OH is 1. The van der Waals surface area contributed by atoms with Crippen LogP contribution in [-0.4, -0.2) is 24.1 Å². The monoisotopic (exact) mass is 316 g/mol. The van der Waals surface area contributed by atoms with Crippen LogP contribution >= 0.6 is 0 Å². The molecule has 1 atom stereocenters. The highest BCUT2D eigenvalue weighted by molar-refractivity contribution is 5.74. The second-order valence-electron chi connectivity index (χ2n) is 5.54. The van der Waals surface area contributed by atoms with Crippen LogP contribution in [0.25, 0.3) is 0 Å². The van der Waals surface area contributed by atoms with Crippen molar-refractivity contribution in [3.63, 3.8) is 0 Å². The standard InChI is InChI=1S/C18H21FN2O2/c1-13-5-4-6-14(11-13)21(10-9-18(20)23)12-17(22)15-7-2-3-8-16(15)19/h2-8,11,17,22H,9-10,12H2,1H3,(H2,20,23). The summed E-state index contributed by atoms with van der Waals surface area (Å²) in [5.41, 5.74) is 7.39. The third-order valence-corrected chi connectivity index (χ3v) is 3.65. The molecule has 0 aromatic heterocycles. The number of aliphatic hydroxyl groups is 1. The largest absolute Gasteiger partial charge is 0.386 e. The fraction of sp³-hybridized carbons (Fsp3) is 0.278. The smallest absolute Gasteiger partial charge is 0.219 e. The number of aryl methyl sites for hydroxylation is 1. The second-order valence-corrected chi connectivity index (χ2v) is 5.54. The molecule has 1 unspecified atom stereocenters. The van der Waals surface area contributed by atoms with Gasteiger partial charge < -0.3 is 15.7 Å². The first-order valence-corrected chi connectivity index (χ1v) is 7.50. The van der Waals surface area contributed by atoms with Gasteiger partial charge in [-0.15, -0.1) is 0 Å². The van der Waals surface area contributed by atoms with Gasteiger partial charge in [-0.05, 0) is 30.7 Å². The Balaban J connectivity index is 2.20. The summed E-state index contributed by atoms with van der Waals surface area (Å²) in [6.45, 7) is 2.50. The Labute approximate surface area is 135 Å². The van der Waals surface area contributed by atoms with Gasteiger partial charge >= 0.3 is 0 Å². The van der Waals surface area contributed by atoms with E-state index in [0.29, 0.717) is 6.54 Å². The Morgan fingerprint density at radius 2 is 2.00 bits per heavy atom. The molecule has 0 radical (unpaired) electrons. The van der Waals surface area contributed by atoms with E-state index in [1.807, 2.05) is 36.1 Å². The molecule has 23 heavy (non-hydrogen) atoms. The first kappa shape index (κ1) is 17.0. The van der Waals surface area contributed by atoms with E-state index in [2.05, 4.69) is 0 Å². The summed E-state index contributed by atoms with van der Waals surface area (Å²) in [5.74, 6) is -0.859. The number of primary amides is 1. The third kappa shape index (κ3) is 4.79. The summed E-state index contributed by atoms with van der Waals surface area (Å²) in [6.07, 6.45) is -0.831. The highest BCUT2D eigenvalue weighted by atomic mass is 19.1. The third-order valence-electron chi connectivity index (χ3n) is 3.65. The number of hydrogen-bond donors (Lipinski definition) is 2. The second kappa shape index (κ2) is 7.74. The zero-order valence-electron chi connectivity index (χ0n) is 13.1. The zero-order chi connectivity index (χ0) is 16.8. The van der Waals surface area contributed by atoms with Crippen LogP contribution < -0.4 is 10.6 Å². The van der Waals surface area contributed by atoms with Crippen LogP contribution in [0, 0.1) is 12.7 Å². The minimum atomic E-state index is -0.996. The van der Waals surface area contributed by atoms with Crippen molar-refractivity contribution in [3.05, 3.63) is 65.5 Å². The Kier molecular flexibility index (Phi) is 5.71. The van der Waals surface area contributed by atoms with E-state index in [9.17, 15) is 14.3 Å². The SMILES string of the molecule is Cc1cccc(N(CCC(N)=O)CC(O)c2ccccc2F)c1. The van der Waals surface area contributed by atoms with Crippen LogP contribution in [0.5, 0.6) is 0 Å². The molecule has 0 spiro atoms. The molecule has 2 aromatic carbocycles. The van der Waals surface area contributed by atoms with E-state index in [1.165, 1.54) is 6.07 Å². The lowest BCUT2D eigenvalue weighted by molar-refractivity contribution is -0.117. The Bertz CT molecular complexity index is 676. The molecule has 3 N–H and O–H groups in total. The number of halogens is 1. The fourth-order valence-electron chi connectivity index (χ4n) is 2.45. The molecule has 0 saturated heterocycles. The van der Waals surface area contributed by atoms with Gasteiger partial charge in [0.2, 0.25) is 5.91 Å². The van der Waals surface area contributed by atoms with E-state index in [-0.39, 0.29) is 18.5 Å². The molecule has 0 heterocycles. The average Bonchev–Trinajstić information content (AvgIpc) is 2.51. The van der Waals surface area contributed by atoms with Gasteiger partial charge in [0.1, 0.15) is 5.82 Å². The predicted octanol–water partition coefficient (Wildman–Crippen LogP) is 2.55. The van der Waals surface area contributed by atoms with Crippen LogP contribution in [-0.2, 0) is 4.79 Å². The molecule has 5 heteroatoms. The predicted molar refractivity (Wildman–Crippen MR) is 88.6 cm³/mol. The topological polar surface area (TPSA) is 66.6 Å². The van der Waals surface area contributed by atoms with Crippen molar-refractivity contribution in [2.45, 2.75) is 19.4 Å². The lowest BCUT2D eigenvalue weighted by Gasteiger charge is -2.27. The summed E-state index contributed by atoms with van der Waals surface area (Å²) < 4.78 is 13.8. The van der Waals surface area contributed by atoms with Gasteiger partial charge in [0.05, 0.1) is 6.10 Å². The number of carbonyl (C=O) groups is 1. The van der Waals surface area contributed by atoms with Crippen molar-refractivity contribution in [3.8, 4) is 0 Å². The van der Waals surface area contributed by atoms with Gasteiger partial charge in [-0.2, -0.15) is 0 Å². The molecular weight excluding hydrogens is 295 g/mol. The van der Waals surface area contributed by atoms with Crippen molar-refractivity contribution >= 4 is 11.6 Å². The zero-order valence-corrected chi connectivity index (χ0v) is 13.1. The first-order chi connectivity index (χ1) is 11.0. The lowest BCUT2D eigenvalue weighted by atomic mass is 10.1. The summed E-state index contributed by atoms with van der Waals surface area (Å²) in [7, 11) is 0. The highest BCUT2D eigenvalue weighted by Gasteiger charge is 2.17. The molecule has 0 aliphatic carbocycles. The van der Waals surface area contributed by atoms with Gasteiger partial charge in [-0.1, -0.05) is 30.3 Å². The van der Waals surface area contributed by atoms with Crippen molar-refractivity contribution in [2.24, 2.45) is 5.73 Å². The molecule has 4 nitrogen and oxygen atoms in total. The average molecular weight is 316 g/mol. The Morgan fingerprint density at radius 1 is 1.26 bits per heavy atom. The molecule has 0 bridgehead atoms. The van der Waals surface area contributed by atoms with E-state index < -0.39 is 17.8 Å². The minimum Gasteiger partial charge on any atom is -0.386 e. The summed E-state index contributed by atoms with van der Waals surface area (Å²) in [6, 6.07) is 13.8. The summed E-state index contributed by atoms with van der Waals surface area (Å²) in [4.78, 5) is 12.9. The van der Waals surface area contributed by atoms with Crippen molar-refractivity contribution in [2.75, 3.05) is 18.0 Å². The molecule has 0 aliphatic heterocycles. The van der Waals surface area contributed by atoms with E-state index in [1.54, 1.807) is 18.2 Å². The molecule has 0 saturated carbocycles. The minimum absolute atomic E-state index is 0.165. The lowest BCUT2D eigenvalue weighted by Crippen LogP contribution is -2.32. The fourth-order valence-corrected chi connectivity index (χ4v) is 2.45. The number of hydrogen-bond acceptors (Lipinski definition) is 3. The number of rotatable bonds is 7. The maximum absolute atomic E-state index is 13.8. The van der Waals surface area contributed by atoms with Crippen LogP contribution in [0.15, 0.2) is 48.5 Å². The van der Waals surface area contributed by atoms with Gasteiger partial charge in [-0.3, -0.25) is 4.79 Å². The van der Waals surface area contributed by atoms with Crippen LogP contribution in [0.2, 0.25) is 0 Å². The number of amides is 1. The number of anilines is 1. The van der Waals surface area contributed by atoms with E-state index in [0.717, 1.165) is 11.3 Å². The van der Waals surface area contributed by atoms with Crippen molar-refractivity contribution in [1.29, 1.82) is 0 Å². The number of carbonyl (C=O) groups excluding carboxylic acids is 1. The van der Waals surface area contributed by atoms with E-state index >= 15 is 0 Å². The van der Waals surface area contributed by atoms with Crippen LogP contribution in [0.4, 0.5) is 10.1 Å². The maximum atomic E-state index is 13.8. The normalized spacial score (nSPS) is 12.0. The Hall–Kier alpha value is -2.40. The first-order valence-electron chi connectivity index (χ1n) is 7.50. The number of benzene rings is 2. The molecule has 122 valence electrons. The van der Waals surface area contributed by atoms with Gasteiger partial charge in [0.25, 0.3) is 0 Å². The molecular formula is C18H21FN2O2. The quantitative estimate of drug-likeness (QED) is 0.825. The van der Waals surface area contributed by atoms with Crippen molar-refractivity contribution < 1.29 is 14.3 Å². The maximum Gasteiger partial charge on any atom is 0.219 e. The summed E-state index contributed by atoms with van der Waals surface area (Å²) in [5, 5.41) is 10.4. The molecule has 0 aliphatic rings. The van der Waals surface area contributed by atoms with Crippen LogP contribution in [0.3, 0.4) is 0 Å². The van der Waals surface area contributed by atoms with Gasteiger partial charge in [0, 0.05) is 30.8 Å². The molecule has 2 aromatic rings.